The lowest BCUT2D eigenvalue weighted by Gasteiger charge is -2.27. The maximum atomic E-state index is 12.2. The zero-order chi connectivity index (χ0) is 14.5. The molecule has 19 heavy (non-hydrogen) atoms. The minimum atomic E-state index is -3.02. The van der Waals surface area contributed by atoms with Crippen molar-refractivity contribution in [1.29, 1.82) is 0 Å². The van der Waals surface area contributed by atoms with Gasteiger partial charge in [0, 0.05) is 18.5 Å². The third-order valence-corrected chi connectivity index (χ3v) is 5.08. The molecular formula is C13H22N2O3S. The maximum Gasteiger partial charge on any atom is 0.225 e. The van der Waals surface area contributed by atoms with Crippen LogP contribution in [0.5, 0.6) is 0 Å². The second kappa shape index (κ2) is 6.92. The number of hydrogen-bond acceptors (Lipinski definition) is 4. The molecular weight excluding hydrogens is 264 g/mol. The van der Waals surface area contributed by atoms with E-state index in [0.29, 0.717) is 6.42 Å². The van der Waals surface area contributed by atoms with Crippen molar-refractivity contribution >= 4 is 15.7 Å². The minimum absolute atomic E-state index is 0.0173. The summed E-state index contributed by atoms with van der Waals surface area (Å²) in [6.07, 6.45) is 7.66. The van der Waals surface area contributed by atoms with Gasteiger partial charge < -0.3 is 10.6 Å². The normalized spacial score (nSPS) is 22.7. The Morgan fingerprint density at radius 3 is 2.74 bits per heavy atom. The van der Waals surface area contributed by atoms with Crippen molar-refractivity contribution in [1.82, 2.24) is 4.90 Å². The fourth-order valence-corrected chi connectivity index (χ4v) is 4.09. The summed E-state index contributed by atoms with van der Waals surface area (Å²) in [6.45, 7) is 2.16. The molecule has 5 nitrogen and oxygen atoms in total. The predicted octanol–water partition coefficient (Wildman–Crippen LogP) is 0.153. The molecule has 1 amide bonds. The molecule has 0 aromatic carbocycles. The molecule has 0 aromatic rings. The fraction of sp³-hybridized carbons (Fsp3) is 0.769. The van der Waals surface area contributed by atoms with E-state index in [4.69, 9.17) is 12.2 Å². The van der Waals surface area contributed by atoms with Gasteiger partial charge in [-0.1, -0.05) is 19.3 Å². The Morgan fingerprint density at radius 1 is 1.58 bits per heavy atom. The number of carbonyl (C=O) groups excluding carboxylic acids is 1. The molecule has 0 aliphatic carbocycles. The molecule has 0 radical (unpaired) electrons. The summed E-state index contributed by atoms with van der Waals surface area (Å²) in [5.74, 6) is 2.44. The van der Waals surface area contributed by atoms with Gasteiger partial charge in [0.1, 0.15) is 0 Å². The van der Waals surface area contributed by atoms with E-state index in [0.717, 1.165) is 12.8 Å². The highest BCUT2D eigenvalue weighted by Crippen LogP contribution is 2.19. The first kappa shape index (κ1) is 16.0. The van der Waals surface area contributed by atoms with Crippen LogP contribution in [0.3, 0.4) is 0 Å². The van der Waals surface area contributed by atoms with Gasteiger partial charge >= 0.3 is 0 Å². The van der Waals surface area contributed by atoms with Crippen molar-refractivity contribution < 1.29 is 13.2 Å². The van der Waals surface area contributed by atoms with Gasteiger partial charge in [0.25, 0.3) is 0 Å². The largest absolute Gasteiger partial charge is 0.327 e. The molecule has 1 rings (SSSR count). The first-order valence-electron chi connectivity index (χ1n) is 6.58. The van der Waals surface area contributed by atoms with E-state index in [1.807, 2.05) is 6.92 Å². The van der Waals surface area contributed by atoms with Crippen molar-refractivity contribution in [3.8, 4) is 12.3 Å². The van der Waals surface area contributed by atoms with Gasteiger partial charge in [0.05, 0.1) is 18.1 Å². The molecule has 2 unspecified atom stereocenters. The van der Waals surface area contributed by atoms with Crippen LogP contribution < -0.4 is 5.73 Å². The fourth-order valence-electron chi connectivity index (χ4n) is 2.35. The molecule has 0 bridgehead atoms. The Bertz CT molecular complexity index is 453. The minimum Gasteiger partial charge on any atom is -0.327 e. The van der Waals surface area contributed by atoms with Crippen LogP contribution in [0, 0.1) is 12.3 Å². The second-order valence-electron chi connectivity index (χ2n) is 5.04. The van der Waals surface area contributed by atoms with E-state index in [-0.39, 0.29) is 42.5 Å². The molecule has 6 heteroatoms. The third-order valence-electron chi connectivity index (χ3n) is 3.33. The highest BCUT2D eigenvalue weighted by Gasteiger charge is 2.34. The molecule has 1 aliphatic rings. The number of rotatable bonds is 6. The average Bonchev–Trinajstić information content (AvgIpc) is 2.66. The predicted molar refractivity (Wildman–Crippen MR) is 75.1 cm³/mol. The topological polar surface area (TPSA) is 80.5 Å². The first-order valence-corrected chi connectivity index (χ1v) is 8.40. The van der Waals surface area contributed by atoms with Crippen LogP contribution >= 0.6 is 0 Å². The van der Waals surface area contributed by atoms with E-state index < -0.39 is 9.84 Å². The van der Waals surface area contributed by atoms with Crippen molar-refractivity contribution in [3.05, 3.63) is 0 Å². The standard InChI is InChI=1S/C13H22N2O3S/c1-3-5-11(14)9-13(16)15(7-4-2)12-6-8-19(17,18)10-12/h2,11-12H,3,5-10,14H2,1H3. The number of amides is 1. The van der Waals surface area contributed by atoms with Crippen molar-refractivity contribution in [2.75, 3.05) is 18.1 Å². The molecule has 2 N–H and O–H groups in total. The van der Waals surface area contributed by atoms with E-state index in [9.17, 15) is 13.2 Å². The summed E-state index contributed by atoms with van der Waals surface area (Å²) < 4.78 is 23.0. The van der Waals surface area contributed by atoms with Crippen molar-refractivity contribution in [2.45, 2.75) is 44.7 Å². The number of nitrogens with two attached hydrogens (primary N) is 1. The summed E-state index contributed by atoms with van der Waals surface area (Å²) >= 11 is 0. The lowest BCUT2D eigenvalue weighted by Crippen LogP contribution is -2.43. The van der Waals surface area contributed by atoms with Crippen LogP contribution in [0.25, 0.3) is 0 Å². The molecule has 108 valence electrons. The summed E-state index contributed by atoms with van der Waals surface area (Å²) in [4.78, 5) is 13.7. The number of carbonyl (C=O) groups is 1. The SMILES string of the molecule is C#CCN(C(=O)CC(N)CCC)C1CCS(=O)(=O)C1. The van der Waals surface area contributed by atoms with Gasteiger partial charge in [0.2, 0.25) is 5.91 Å². The van der Waals surface area contributed by atoms with Gasteiger partial charge in [-0.05, 0) is 12.8 Å². The monoisotopic (exact) mass is 286 g/mol. The lowest BCUT2D eigenvalue weighted by atomic mass is 10.1. The Labute approximate surface area is 115 Å². The average molecular weight is 286 g/mol. The zero-order valence-corrected chi connectivity index (χ0v) is 12.2. The Hall–Kier alpha value is -1.06. The smallest absolute Gasteiger partial charge is 0.225 e. The quantitative estimate of drug-likeness (QED) is 0.705. The van der Waals surface area contributed by atoms with Crippen LogP contribution in [0.4, 0.5) is 0 Å². The zero-order valence-electron chi connectivity index (χ0n) is 11.3. The molecule has 0 aromatic heterocycles. The maximum absolute atomic E-state index is 12.2. The molecule has 1 fully saturated rings. The Morgan fingerprint density at radius 2 is 2.26 bits per heavy atom. The lowest BCUT2D eigenvalue weighted by molar-refractivity contribution is -0.132. The number of terminal acetylenes is 1. The number of nitrogens with zero attached hydrogens (tertiary/aromatic N) is 1. The summed E-state index contributed by atoms with van der Waals surface area (Å²) in [7, 11) is -3.02. The number of sulfone groups is 1. The van der Waals surface area contributed by atoms with Crippen LogP contribution in [-0.2, 0) is 14.6 Å². The second-order valence-corrected chi connectivity index (χ2v) is 7.26. The molecule has 0 saturated carbocycles. The van der Waals surface area contributed by atoms with Gasteiger partial charge in [-0.3, -0.25) is 4.79 Å². The van der Waals surface area contributed by atoms with Gasteiger partial charge in [-0.15, -0.1) is 6.42 Å². The van der Waals surface area contributed by atoms with E-state index in [1.165, 1.54) is 4.90 Å². The van der Waals surface area contributed by atoms with E-state index in [1.54, 1.807) is 0 Å². The third kappa shape index (κ3) is 4.84. The van der Waals surface area contributed by atoms with Crippen LogP contribution in [0.15, 0.2) is 0 Å². The summed E-state index contributed by atoms with van der Waals surface area (Å²) in [6, 6.07) is -0.474. The van der Waals surface area contributed by atoms with Crippen molar-refractivity contribution in [3.63, 3.8) is 0 Å². The first-order chi connectivity index (χ1) is 8.89. The summed E-state index contributed by atoms with van der Waals surface area (Å²) in [5, 5.41) is 0. The molecule has 2 atom stereocenters. The summed E-state index contributed by atoms with van der Waals surface area (Å²) in [5.41, 5.74) is 5.85. The van der Waals surface area contributed by atoms with Crippen LogP contribution in [0.2, 0.25) is 0 Å². The number of hydrogen-bond donors (Lipinski definition) is 1. The molecule has 1 heterocycles. The highest BCUT2D eigenvalue weighted by molar-refractivity contribution is 7.91. The Balaban J connectivity index is 2.67. The molecule has 1 saturated heterocycles. The van der Waals surface area contributed by atoms with Gasteiger partial charge in [-0.25, -0.2) is 8.42 Å². The van der Waals surface area contributed by atoms with E-state index >= 15 is 0 Å². The molecule has 1 aliphatic heterocycles. The van der Waals surface area contributed by atoms with Crippen molar-refractivity contribution in [2.24, 2.45) is 5.73 Å². The van der Waals surface area contributed by atoms with Crippen LogP contribution in [0.1, 0.15) is 32.6 Å². The van der Waals surface area contributed by atoms with Crippen LogP contribution in [-0.4, -0.2) is 49.4 Å². The Kier molecular flexibility index (Phi) is 5.83. The molecule has 0 spiro atoms. The van der Waals surface area contributed by atoms with E-state index in [2.05, 4.69) is 5.92 Å². The highest BCUT2D eigenvalue weighted by atomic mass is 32.2. The van der Waals surface area contributed by atoms with Gasteiger partial charge in [-0.2, -0.15) is 0 Å². The van der Waals surface area contributed by atoms with Gasteiger partial charge in [0.15, 0.2) is 9.84 Å².